The van der Waals surface area contributed by atoms with Crippen molar-refractivity contribution < 1.29 is 14.3 Å². The Kier molecular flexibility index (Phi) is 7.25. The summed E-state index contributed by atoms with van der Waals surface area (Å²) in [5.41, 5.74) is 4.47. The lowest BCUT2D eigenvalue weighted by Crippen LogP contribution is -2.28. The summed E-state index contributed by atoms with van der Waals surface area (Å²) in [7, 11) is 1.52. The average molecular weight is 396 g/mol. The van der Waals surface area contributed by atoms with Crippen LogP contribution in [0.25, 0.3) is 11.0 Å². The monoisotopic (exact) mass is 395 g/mol. The molecule has 0 atom stereocenters. The van der Waals surface area contributed by atoms with Gasteiger partial charge in [-0.3, -0.25) is 4.79 Å². The number of rotatable bonds is 10. The van der Waals surface area contributed by atoms with Gasteiger partial charge in [0.05, 0.1) is 17.6 Å². The second-order valence-corrected chi connectivity index (χ2v) is 7.17. The number of benzene rings is 2. The lowest BCUT2D eigenvalue weighted by Gasteiger charge is -2.13. The first-order chi connectivity index (χ1) is 14.1. The van der Waals surface area contributed by atoms with Crippen LogP contribution < -0.4 is 10.1 Å². The van der Waals surface area contributed by atoms with Crippen LogP contribution in [-0.4, -0.2) is 42.3 Å². The summed E-state index contributed by atoms with van der Waals surface area (Å²) in [5, 5.41) is 2.86. The molecule has 0 spiro atoms. The van der Waals surface area contributed by atoms with E-state index in [1.807, 2.05) is 24.3 Å². The molecule has 1 aromatic heterocycles. The fourth-order valence-corrected chi connectivity index (χ4v) is 3.43. The van der Waals surface area contributed by atoms with E-state index in [0.29, 0.717) is 13.2 Å². The molecular weight excluding hydrogens is 366 g/mol. The summed E-state index contributed by atoms with van der Waals surface area (Å²) < 4.78 is 13.1. The van der Waals surface area contributed by atoms with Crippen molar-refractivity contribution in [3.8, 4) is 5.75 Å². The molecule has 0 aliphatic rings. The molecule has 29 heavy (non-hydrogen) atoms. The van der Waals surface area contributed by atoms with Crippen LogP contribution in [0, 0.1) is 13.8 Å². The number of carbonyl (C=O) groups excluding carboxylic acids is 1. The van der Waals surface area contributed by atoms with Crippen LogP contribution in [0.3, 0.4) is 0 Å². The summed E-state index contributed by atoms with van der Waals surface area (Å²) in [6.45, 7) is 6.14. The zero-order chi connectivity index (χ0) is 20.6. The van der Waals surface area contributed by atoms with E-state index >= 15 is 0 Å². The van der Waals surface area contributed by atoms with Crippen molar-refractivity contribution in [3.05, 3.63) is 59.4 Å². The number of aryl methyl sites for hydroxylation is 3. The normalized spacial score (nSPS) is 11.0. The van der Waals surface area contributed by atoms with E-state index in [4.69, 9.17) is 14.5 Å². The van der Waals surface area contributed by atoms with Crippen LogP contribution in [0.2, 0.25) is 0 Å². The first-order valence-corrected chi connectivity index (χ1v) is 9.98. The molecule has 0 bridgehead atoms. The van der Waals surface area contributed by atoms with Crippen LogP contribution in [0.4, 0.5) is 0 Å². The van der Waals surface area contributed by atoms with Gasteiger partial charge in [0.15, 0.2) is 0 Å². The smallest absolute Gasteiger partial charge is 0.245 e. The van der Waals surface area contributed by atoms with Crippen molar-refractivity contribution in [2.45, 2.75) is 33.2 Å². The molecule has 0 saturated heterocycles. The number of carbonyl (C=O) groups is 1. The second-order valence-electron chi connectivity index (χ2n) is 7.17. The van der Waals surface area contributed by atoms with Crippen LogP contribution in [0.15, 0.2) is 42.5 Å². The van der Waals surface area contributed by atoms with Gasteiger partial charge in [-0.2, -0.15) is 0 Å². The van der Waals surface area contributed by atoms with Crippen molar-refractivity contribution in [3.63, 3.8) is 0 Å². The minimum absolute atomic E-state index is 0.0915. The quantitative estimate of drug-likeness (QED) is 0.534. The predicted molar refractivity (Wildman–Crippen MR) is 114 cm³/mol. The summed E-state index contributed by atoms with van der Waals surface area (Å²) in [4.78, 5) is 16.3. The maximum atomic E-state index is 11.5. The van der Waals surface area contributed by atoms with Crippen molar-refractivity contribution in [1.29, 1.82) is 0 Å². The molecule has 0 saturated carbocycles. The average Bonchev–Trinajstić information content (AvgIpc) is 3.05. The van der Waals surface area contributed by atoms with Gasteiger partial charge in [-0.15, -0.1) is 0 Å². The molecule has 0 radical (unpaired) electrons. The Labute approximate surface area is 171 Å². The summed E-state index contributed by atoms with van der Waals surface area (Å²) in [6.07, 6.45) is 1.60. The molecular formula is C23H29N3O3. The van der Waals surface area contributed by atoms with Crippen molar-refractivity contribution in [2.24, 2.45) is 0 Å². The minimum Gasteiger partial charge on any atom is -0.491 e. The first kappa shape index (κ1) is 20.9. The van der Waals surface area contributed by atoms with Crippen LogP contribution >= 0.6 is 0 Å². The topological polar surface area (TPSA) is 65.4 Å². The van der Waals surface area contributed by atoms with Gasteiger partial charge < -0.3 is 19.4 Å². The number of fused-ring (bicyclic) bond motifs is 1. The Hall–Kier alpha value is -2.86. The molecule has 0 aliphatic carbocycles. The van der Waals surface area contributed by atoms with E-state index in [-0.39, 0.29) is 12.5 Å². The van der Waals surface area contributed by atoms with Crippen molar-refractivity contribution in [2.75, 3.05) is 26.9 Å². The lowest BCUT2D eigenvalue weighted by molar-refractivity contribution is -0.124. The standard InChI is InChI=1S/C23H29N3O3/c1-17-10-11-21(18(2)15-17)29-14-13-26-20-8-5-4-7-19(20)25-22(26)9-6-12-24-23(27)16-28-3/h4-5,7-8,10-11,15H,6,9,12-14,16H2,1-3H3,(H,24,27). The number of methoxy groups -OCH3 is 1. The predicted octanol–water partition coefficient (Wildman–Crippen LogP) is 3.43. The van der Waals surface area contributed by atoms with E-state index in [1.54, 1.807) is 0 Å². The largest absolute Gasteiger partial charge is 0.491 e. The van der Waals surface area contributed by atoms with E-state index in [2.05, 4.69) is 41.9 Å². The van der Waals surface area contributed by atoms with Gasteiger partial charge in [0.25, 0.3) is 0 Å². The summed E-state index contributed by atoms with van der Waals surface area (Å²) in [6, 6.07) is 14.4. The Morgan fingerprint density at radius 2 is 2.00 bits per heavy atom. The lowest BCUT2D eigenvalue weighted by atomic mass is 10.1. The molecule has 1 amide bonds. The highest BCUT2D eigenvalue weighted by Crippen LogP contribution is 2.20. The Bertz CT molecular complexity index is 965. The molecule has 6 heteroatoms. The molecule has 3 rings (SSSR count). The minimum atomic E-state index is -0.0946. The van der Waals surface area contributed by atoms with E-state index in [1.165, 1.54) is 12.7 Å². The number of ether oxygens (including phenoxy) is 2. The third-order valence-electron chi connectivity index (χ3n) is 4.81. The van der Waals surface area contributed by atoms with Gasteiger partial charge in [0.2, 0.25) is 5.91 Å². The van der Waals surface area contributed by atoms with Crippen LogP contribution in [0.1, 0.15) is 23.4 Å². The van der Waals surface area contributed by atoms with Gasteiger partial charge in [0.1, 0.15) is 24.8 Å². The zero-order valence-electron chi connectivity index (χ0n) is 17.4. The molecule has 1 N–H and O–H groups in total. The highest BCUT2D eigenvalue weighted by Gasteiger charge is 2.11. The highest BCUT2D eigenvalue weighted by atomic mass is 16.5. The van der Waals surface area contributed by atoms with E-state index in [0.717, 1.165) is 47.6 Å². The van der Waals surface area contributed by atoms with Gasteiger partial charge in [-0.25, -0.2) is 4.98 Å². The number of para-hydroxylation sites is 2. The molecule has 3 aromatic rings. The van der Waals surface area contributed by atoms with E-state index < -0.39 is 0 Å². The summed E-state index contributed by atoms with van der Waals surface area (Å²) >= 11 is 0. The van der Waals surface area contributed by atoms with Gasteiger partial charge in [-0.1, -0.05) is 29.8 Å². The van der Waals surface area contributed by atoms with Crippen molar-refractivity contribution in [1.82, 2.24) is 14.9 Å². The number of aromatic nitrogens is 2. The third kappa shape index (κ3) is 5.57. The van der Waals surface area contributed by atoms with Crippen LogP contribution in [-0.2, 0) is 22.5 Å². The van der Waals surface area contributed by atoms with Gasteiger partial charge in [0, 0.05) is 20.1 Å². The Morgan fingerprint density at radius 3 is 2.79 bits per heavy atom. The summed E-state index contributed by atoms with van der Waals surface area (Å²) in [5.74, 6) is 1.83. The number of hydrogen-bond donors (Lipinski definition) is 1. The number of amides is 1. The fraction of sp³-hybridized carbons (Fsp3) is 0.391. The molecule has 0 fully saturated rings. The van der Waals surface area contributed by atoms with Crippen LogP contribution in [0.5, 0.6) is 5.75 Å². The zero-order valence-corrected chi connectivity index (χ0v) is 17.4. The van der Waals surface area contributed by atoms with Gasteiger partial charge >= 0.3 is 0 Å². The number of imidazole rings is 1. The Balaban J connectivity index is 1.64. The third-order valence-corrected chi connectivity index (χ3v) is 4.81. The maximum absolute atomic E-state index is 11.5. The first-order valence-electron chi connectivity index (χ1n) is 9.98. The Morgan fingerprint density at radius 1 is 1.17 bits per heavy atom. The fourth-order valence-electron chi connectivity index (χ4n) is 3.43. The molecule has 6 nitrogen and oxygen atoms in total. The SMILES string of the molecule is COCC(=O)NCCCc1nc2ccccc2n1CCOc1ccc(C)cc1C. The highest BCUT2D eigenvalue weighted by molar-refractivity contribution is 5.77. The number of nitrogens with zero attached hydrogens (tertiary/aromatic N) is 2. The second kappa shape index (κ2) is 10.1. The van der Waals surface area contributed by atoms with E-state index in [9.17, 15) is 4.79 Å². The van der Waals surface area contributed by atoms with Crippen molar-refractivity contribution >= 4 is 16.9 Å². The van der Waals surface area contributed by atoms with Gasteiger partial charge in [-0.05, 0) is 44.0 Å². The molecule has 0 unspecified atom stereocenters. The molecule has 0 aliphatic heterocycles. The molecule has 154 valence electrons. The number of hydrogen-bond acceptors (Lipinski definition) is 4. The molecule has 2 aromatic carbocycles. The number of nitrogens with one attached hydrogen (secondary N) is 1. The maximum Gasteiger partial charge on any atom is 0.245 e. The molecule has 1 heterocycles.